The van der Waals surface area contributed by atoms with Crippen LogP contribution in [0.1, 0.15) is 13.8 Å². The van der Waals surface area contributed by atoms with Crippen LogP contribution < -0.4 is 0 Å². The van der Waals surface area contributed by atoms with Crippen molar-refractivity contribution in [2.45, 2.75) is 37.9 Å². The van der Waals surface area contributed by atoms with Gasteiger partial charge in [0.05, 0.1) is 0 Å². The molecule has 2 rings (SSSR count). The Kier molecular flexibility index (Phi) is 1.83. The van der Waals surface area contributed by atoms with Crippen LogP contribution >= 0.6 is 0 Å². The van der Waals surface area contributed by atoms with E-state index in [2.05, 4.69) is 0 Å². The van der Waals surface area contributed by atoms with Crippen molar-refractivity contribution in [2.24, 2.45) is 0 Å². The van der Waals surface area contributed by atoms with Crippen LogP contribution in [-0.2, 0) is 19.0 Å². The van der Waals surface area contributed by atoms with E-state index in [4.69, 9.17) is 14.2 Å². The zero-order valence-electron chi connectivity index (χ0n) is 7.52. The first-order valence-corrected chi connectivity index (χ1v) is 4.20. The molecule has 0 spiro atoms. The fourth-order valence-corrected chi connectivity index (χ4v) is 1.60. The summed E-state index contributed by atoms with van der Waals surface area (Å²) in [4.78, 5) is 11.2. The topological polar surface area (TPSA) is 65.0 Å². The summed E-state index contributed by atoms with van der Waals surface area (Å²) in [6.45, 7) is 3.38. The lowest BCUT2D eigenvalue weighted by Gasteiger charge is -2.26. The van der Waals surface area contributed by atoms with E-state index in [1.807, 2.05) is 0 Å². The molecule has 0 amide bonds. The predicted molar refractivity (Wildman–Crippen MR) is 40.8 cm³/mol. The lowest BCUT2D eigenvalue weighted by atomic mass is 10.1. The van der Waals surface area contributed by atoms with Gasteiger partial charge in [-0.15, -0.1) is 0 Å². The van der Waals surface area contributed by atoms with Gasteiger partial charge >= 0.3 is 5.97 Å². The van der Waals surface area contributed by atoms with Crippen LogP contribution in [0.3, 0.4) is 0 Å². The smallest absolute Gasteiger partial charge is 0.338 e. The molecule has 3 atom stereocenters. The maximum absolute atomic E-state index is 11.2. The summed E-state index contributed by atoms with van der Waals surface area (Å²) in [5.74, 6) is -1.28. The van der Waals surface area contributed by atoms with Gasteiger partial charge in [-0.25, -0.2) is 4.79 Å². The number of carbonyl (C=O) groups is 1. The van der Waals surface area contributed by atoms with E-state index in [-0.39, 0.29) is 6.61 Å². The van der Waals surface area contributed by atoms with E-state index < -0.39 is 30.1 Å². The first-order valence-electron chi connectivity index (χ1n) is 4.20. The van der Waals surface area contributed by atoms with E-state index in [9.17, 15) is 9.90 Å². The summed E-state index contributed by atoms with van der Waals surface area (Å²) >= 11 is 0. The molecule has 5 heteroatoms. The van der Waals surface area contributed by atoms with Gasteiger partial charge in [-0.1, -0.05) is 0 Å². The molecule has 0 bridgehead atoms. The highest BCUT2D eigenvalue weighted by Crippen LogP contribution is 2.32. The van der Waals surface area contributed by atoms with E-state index in [1.165, 1.54) is 0 Å². The standard InChI is InChI=1S/C8H12O5/c1-8(2)12-5-4(9)3-11-7(10)6(5)13-8/h4-6,9H,3H2,1-2H3/t4-,5+,6+/m1/s1. The molecule has 2 saturated heterocycles. The maximum Gasteiger partial charge on any atom is 0.338 e. The second-order valence-electron chi connectivity index (χ2n) is 3.72. The average molecular weight is 188 g/mol. The molecule has 2 aliphatic rings. The summed E-state index contributed by atoms with van der Waals surface area (Å²) in [5, 5.41) is 9.45. The number of cyclic esters (lactones) is 1. The molecule has 74 valence electrons. The quantitative estimate of drug-likeness (QED) is 0.515. The van der Waals surface area contributed by atoms with Crippen LogP contribution in [0, 0.1) is 0 Å². The van der Waals surface area contributed by atoms with Crippen LogP contribution in [-0.4, -0.2) is 41.8 Å². The summed E-state index contributed by atoms with van der Waals surface area (Å²) in [5.41, 5.74) is 0. The molecule has 5 nitrogen and oxygen atoms in total. The minimum absolute atomic E-state index is 0.0144. The van der Waals surface area contributed by atoms with Gasteiger partial charge in [-0.2, -0.15) is 0 Å². The van der Waals surface area contributed by atoms with Crippen molar-refractivity contribution in [1.29, 1.82) is 0 Å². The first-order chi connectivity index (χ1) is 5.99. The van der Waals surface area contributed by atoms with Crippen LogP contribution in [0.5, 0.6) is 0 Å². The second kappa shape index (κ2) is 2.67. The molecular weight excluding hydrogens is 176 g/mol. The van der Waals surface area contributed by atoms with Gasteiger partial charge in [-0.3, -0.25) is 0 Å². The molecule has 0 unspecified atom stereocenters. The van der Waals surface area contributed by atoms with Crippen LogP contribution in [0.4, 0.5) is 0 Å². The number of rotatable bonds is 0. The fraction of sp³-hybridized carbons (Fsp3) is 0.875. The molecule has 1 N–H and O–H groups in total. The molecule has 2 fully saturated rings. The molecule has 0 aromatic heterocycles. The van der Waals surface area contributed by atoms with Gasteiger partial charge in [-0.05, 0) is 13.8 Å². The molecule has 0 radical (unpaired) electrons. The Balaban J connectivity index is 2.19. The van der Waals surface area contributed by atoms with Gasteiger partial charge in [0.15, 0.2) is 11.9 Å². The molecule has 2 aliphatic heterocycles. The number of hydrogen-bond donors (Lipinski definition) is 1. The summed E-state index contributed by atoms with van der Waals surface area (Å²) < 4.78 is 15.3. The van der Waals surface area contributed by atoms with Crippen molar-refractivity contribution in [3.8, 4) is 0 Å². The third-order valence-electron chi connectivity index (χ3n) is 2.14. The van der Waals surface area contributed by atoms with Gasteiger partial charge in [0, 0.05) is 0 Å². The Bertz CT molecular complexity index is 237. The van der Waals surface area contributed by atoms with Gasteiger partial charge in [0.25, 0.3) is 0 Å². The molecule has 0 aromatic rings. The summed E-state index contributed by atoms with van der Waals surface area (Å²) in [6, 6.07) is 0. The van der Waals surface area contributed by atoms with E-state index in [0.29, 0.717) is 0 Å². The highest BCUT2D eigenvalue weighted by atomic mass is 16.8. The Labute approximate surface area is 75.6 Å². The molecule has 0 aromatic carbocycles. The zero-order valence-corrected chi connectivity index (χ0v) is 7.52. The number of fused-ring (bicyclic) bond motifs is 1. The largest absolute Gasteiger partial charge is 0.461 e. The normalized spacial score (nSPS) is 42.7. The Hall–Kier alpha value is -0.650. The van der Waals surface area contributed by atoms with Crippen molar-refractivity contribution in [2.75, 3.05) is 6.61 Å². The Morgan fingerprint density at radius 1 is 1.46 bits per heavy atom. The van der Waals surface area contributed by atoms with Crippen molar-refractivity contribution < 1.29 is 24.1 Å². The van der Waals surface area contributed by atoms with Gasteiger partial charge < -0.3 is 19.3 Å². The minimum Gasteiger partial charge on any atom is -0.461 e. The second-order valence-corrected chi connectivity index (χ2v) is 3.72. The maximum atomic E-state index is 11.2. The Morgan fingerprint density at radius 2 is 2.15 bits per heavy atom. The zero-order chi connectivity index (χ0) is 9.64. The molecule has 0 saturated carbocycles. The number of aliphatic hydroxyl groups excluding tert-OH is 1. The van der Waals surface area contributed by atoms with E-state index in [0.717, 1.165) is 0 Å². The van der Waals surface area contributed by atoms with Crippen molar-refractivity contribution in [1.82, 2.24) is 0 Å². The monoisotopic (exact) mass is 188 g/mol. The van der Waals surface area contributed by atoms with Gasteiger partial charge in [0.2, 0.25) is 0 Å². The Morgan fingerprint density at radius 3 is 2.77 bits per heavy atom. The van der Waals surface area contributed by atoms with E-state index in [1.54, 1.807) is 13.8 Å². The number of carbonyl (C=O) groups excluding carboxylic acids is 1. The average Bonchev–Trinajstić information content (AvgIpc) is 2.35. The molecule has 0 aliphatic carbocycles. The third-order valence-corrected chi connectivity index (χ3v) is 2.14. The SMILES string of the molecule is CC1(C)O[C@H]2[C@H](O)COC(=O)[C@H]2O1. The van der Waals surface area contributed by atoms with Crippen molar-refractivity contribution in [3.05, 3.63) is 0 Å². The summed E-state index contributed by atoms with van der Waals surface area (Å²) in [7, 11) is 0. The van der Waals surface area contributed by atoms with Crippen molar-refractivity contribution in [3.63, 3.8) is 0 Å². The van der Waals surface area contributed by atoms with Gasteiger partial charge in [0.1, 0.15) is 18.8 Å². The lowest BCUT2D eigenvalue weighted by molar-refractivity contribution is -0.172. The number of ether oxygens (including phenoxy) is 3. The highest BCUT2D eigenvalue weighted by molar-refractivity contribution is 5.76. The predicted octanol–water partition coefficient (Wildman–Crippen LogP) is -0.576. The molecule has 13 heavy (non-hydrogen) atoms. The van der Waals surface area contributed by atoms with Crippen molar-refractivity contribution >= 4 is 5.97 Å². The fourth-order valence-electron chi connectivity index (χ4n) is 1.60. The minimum atomic E-state index is -0.820. The van der Waals surface area contributed by atoms with Crippen LogP contribution in [0.2, 0.25) is 0 Å². The highest BCUT2D eigenvalue weighted by Gasteiger charge is 2.52. The number of esters is 1. The number of hydrogen-bond acceptors (Lipinski definition) is 5. The number of aliphatic hydroxyl groups is 1. The molecule has 2 heterocycles. The lowest BCUT2D eigenvalue weighted by Crippen LogP contribution is -2.48. The third kappa shape index (κ3) is 1.43. The molecular formula is C8H12O5. The van der Waals surface area contributed by atoms with Crippen LogP contribution in [0.15, 0.2) is 0 Å². The van der Waals surface area contributed by atoms with E-state index >= 15 is 0 Å². The summed E-state index contributed by atoms with van der Waals surface area (Å²) in [6.07, 6.45) is -2.15. The first kappa shape index (κ1) is 8.93. The van der Waals surface area contributed by atoms with Crippen LogP contribution in [0.25, 0.3) is 0 Å².